The van der Waals surface area contributed by atoms with Gasteiger partial charge in [-0.1, -0.05) is 26.7 Å². The summed E-state index contributed by atoms with van der Waals surface area (Å²) in [5.41, 5.74) is 0.113. The van der Waals surface area contributed by atoms with E-state index in [1.807, 2.05) is 4.90 Å². The quantitative estimate of drug-likeness (QED) is 0.801. The predicted molar refractivity (Wildman–Crippen MR) is 72.0 cm³/mol. The third-order valence-electron chi connectivity index (χ3n) is 4.19. The molecule has 1 heterocycles. The van der Waals surface area contributed by atoms with Gasteiger partial charge >= 0.3 is 0 Å². The number of carbonyl (C=O) groups excluding carboxylic acids is 1. The maximum atomic E-state index is 12.1. The molecular weight excluding hydrogens is 212 g/mol. The van der Waals surface area contributed by atoms with Crippen molar-refractivity contribution < 1.29 is 4.79 Å². The van der Waals surface area contributed by atoms with Gasteiger partial charge in [-0.2, -0.15) is 0 Å². The molecule has 3 nitrogen and oxygen atoms in total. The Morgan fingerprint density at radius 2 is 1.65 bits per heavy atom. The average molecular weight is 240 g/mol. The third kappa shape index (κ3) is 4.66. The highest BCUT2D eigenvalue weighted by molar-refractivity contribution is 5.78. The second-order valence-electron chi connectivity index (χ2n) is 5.42. The second-order valence-corrected chi connectivity index (χ2v) is 5.42. The van der Waals surface area contributed by atoms with Crippen LogP contribution in [0.4, 0.5) is 0 Å². The molecule has 1 rings (SSSR count). The molecule has 0 radical (unpaired) electrons. The summed E-state index contributed by atoms with van der Waals surface area (Å²) in [6.45, 7) is 8.95. The van der Waals surface area contributed by atoms with Gasteiger partial charge in [0, 0.05) is 18.6 Å². The minimum atomic E-state index is 0.113. The van der Waals surface area contributed by atoms with E-state index < -0.39 is 0 Å². The maximum absolute atomic E-state index is 12.1. The van der Waals surface area contributed by atoms with Crippen LogP contribution in [0.5, 0.6) is 0 Å². The van der Waals surface area contributed by atoms with Crippen molar-refractivity contribution in [2.24, 2.45) is 0 Å². The summed E-state index contributed by atoms with van der Waals surface area (Å²) >= 11 is 0. The molecule has 0 aromatic carbocycles. The first-order valence-corrected chi connectivity index (χ1v) is 7.14. The largest absolute Gasteiger partial charge is 0.342 e. The highest BCUT2D eigenvalue weighted by Gasteiger charge is 2.22. The highest BCUT2D eigenvalue weighted by Crippen LogP contribution is 2.14. The van der Waals surface area contributed by atoms with Gasteiger partial charge in [-0.25, -0.2) is 0 Å². The lowest BCUT2D eigenvalue weighted by Crippen LogP contribution is -2.47. The zero-order valence-corrected chi connectivity index (χ0v) is 11.7. The van der Waals surface area contributed by atoms with Crippen LogP contribution in [0.2, 0.25) is 0 Å². The molecule has 0 bridgehead atoms. The number of hydrogen-bond acceptors (Lipinski definition) is 2. The first-order chi connectivity index (χ1) is 8.11. The molecule has 3 heteroatoms. The van der Waals surface area contributed by atoms with E-state index in [1.54, 1.807) is 0 Å². The molecule has 1 fully saturated rings. The van der Waals surface area contributed by atoms with Crippen LogP contribution in [0.3, 0.4) is 0 Å². The van der Waals surface area contributed by atoms with Crippen LogP contribution >= 0.6 is 0 Å². The Hall–Kier alpha value is -0.570. The molecule has 100 valence electrons. The molecular formula is C14H28N2O. The molecule has 0 spiro atoms. The van der Waals surface area contributed by atoms with Gasteiger partial charge in [-0.15, -0.1) is 0 Å². The SMILES string of the molecule is CCC(C)(CC)NCC(=O)N1CCCCCC1. The van der Waals surface area contributed by atoms with Gasteiger partial charge in [0.1, 0.15) is 0 Å². The van der Waals surface area contributed by atoms with E-state index in [0.717, 1.165) is 25.9 Å². The van der Waals surface area contributed by atoms with Crippen molar-refractivity contribution in [3.63, 3.8) is 0 Å². The summed E-state index contributed by atoms with van der Waals surface area (Å²) in [4.78, 5) is 14.1. The van der Waals surface area contributed by atoms with E-state index in [-0.39, 0.29) is 11.4 Å². The van der Waals surface area contributed by atoms with E-state index in [9.17, 15) is 4.79 Å². The number of hydrogen-bond donors (Lipinski definition) is 1. The van der Waals surface area contributed by atoms with Crippen molar-refractivity contribution in [2.45, 2.75) is 64.8 Å². The fraction of sp³-hybridized carbons (Fsp3) is 0.929. The van der Waals surface area contributed by atoms with Crippen molar-refractivity contribution in [1.29, 1.82) is 0 Å². The Labute approximate surface area is 106 Å². The van der Waals surface area contributed by atoms with Gasteiger partial charge in [-0.05, 0) is 32.6 Å². The molecule has 1 aliphatic heterocycles. The molecule has 0 saturated carbocycles. The molecule has 0 aromatic heterocycles. The van der Waals surface area contributed by atoms with Crippen molar-refractivity contribution in [3.8, 4) is 0 Å². The topological polar surface area (TPSA) is 32.3 Å². The van der Waals surface area contributed by atoms with E-state index in [0.29, 0.717) is 6.54 Å². The van der Waals surface area contributed by atoms with E-state index in [4.69, 9.17) is 0 Å². The molecule has 0 aromatic rings. The van der Waals surface area contributed by atoms with Crippen LogP contribution in [0.1, 0.15) is 59.3 Å². The first-order valence-electron chi connectivity index (χ1n) is 7.14. The van der Waals surface area contributed by atoms with Crippen LogP contribution in [0.25, 0.3) is 0 Å². The number of nitrogens with one attached hydrogen (secondary N) is 1. The van der Waals surface area contributed by atoms with Crippen LogP contribution in [0.15, 0.2) is 0 Å². The zero-order valence-electron chi connectivity index (χ0n) is 11.7. The van der Waals surface area contributed by atoms with Gasteiger partial charge in [0.15, 0.2) is 0 Å². The summed E-state index contributed by atoms with van der Waals surface area (Å²) in [6.07, 6.45) is 7.03. The van der Waals surface area contributed by atoms with Gasteiger partial charge in [-0.3, -0.25) is 4.79 Å². The number of likely N-dealkylation sites (tertiary alicyclic amines) is 1. The Balaban J connectivity index is 2.37. The van der Waals surface area contributed by atoms with Crippen molar-refractivity contribution in [1.82, 2.24) is 10.2 Å². The monoisotopic (exact) mass is 240 g/mol. The maximum Gasteiger partial charge on any atom is 0.236 e. The summed E-state index contributed by atoms with van der Waals surface area (Å²) < 4.78 is 0. The highest BCUT2D eigenvalue weighted by atomic mass is 16.2. The van der Waals surface area contributed by atoms with Gasteiger partial charge in [0.05, 0.1) is 6.54 Å². The number of nitrogens with zero attached hydrogens (tertiary/aromatic N) is 1. The molecule has 0 aliphatic carbocycles. The minimum Gasteiger partial charge on any atom is -0.342 e. The minimum absolute atomic E-state index is 0.113. The molecule has 17 heavy (non-hydrogen) atoms. The van der Waals surface area contributed by atoms with Crippen LogP contribution in [-0.2, 0) is 4.79 Å². The third-order valence-corrected chi connectivity index (χ3v) is 4.19. The number of rotatable bonds is 5. The Kier molecular flexibility index (Phi) is 5.96. The fourth-order valence-corrected chi connectivity index (χ4v) is 2.22. The fourth-order valence-electron chi connectivity index (χ4n) is 2.22. The smallest absolute Gasteiger partial charge is 0.236 e. The number of amides is 1. The molecule has 1 N–H and O–H groups in total. The van der Waals surface area contributed by atoms with Crippen molar-refractivity contribution in [3.05, 3.63) is 0 Å². The lowest BCUT2D eigenvalue weighted by Gasteiger charge is -2.30. The Bertz CT molecular complexity index is 228. The van der Waals surface area contributed by atoms with Crippen molar-refractivity contribution in [2.75, 3.05) is 19.6 Å². The zero-order chi connectivity index (χ0) is 12.7. The summed E-state index contributed by atoms with van der Waals surface area (Å²) in [6, 6.07) is 0. The molecule has 1 aliphatic rings. The molecule has 1 amide bonds. The lowest BCUT2D eigenvalue weighted by molar-refractivity contribution is -0.130. The van der Waals surface area contributed by atoms with E-state index >= 15 is 0 Å². The van der Waals surface area contributed by atoms with Gasteiger partial charge < -0.3 is 10.2 Å². The van der Waals surface area contributed by atoms with E-state index in [2.05, 4.69) is 26.1 Å². The van der Waals surface area contributed by atoms with Gasteiger partial charge in [0.2, 0.25) is 5.91 Å². The molecule has 0 unspecified atom stereocenters. The lowest BCUT2D eigenvalue weighted by atomic mass is 9.96. The van der Waals surface area contributed by atoms with Crippen molar-refractivity contribution >= 4 is 5.91 Å². The van der Waals surface area contributed by atoms with Gasteiger partial charge in [0.25, 0.3) is 0 Å². The summed E-state index contributed by atoms with van der Waals surface area (Å²) in [7, 11) is 0. The van der Waals surface area contributed by atoms with E-state index in [1.165, 1.54) is 25.7 Å². The summed E-state index contributed by atoms with van der Waals surface area (Å²) in [5.74, 6) is 0.278. The first kappa shape index (κ1) is 14.5. The average Bonchev–Trinajstić information content (AvgIpc) is 2.64. The number of carbonyl (C=O) groups is 1. The second kappa shape index (κ2) is 7.00. The Morgan fingerprint density at radius 3 is 2.12 bits per heavy atom. The van der Waals surface area contributed by atoms with Crippen LogP contribution < -0.4 is 5.32 Å². The standard InChI is InChI=1S/C14H28N2O/c1-4-14(3,5-2)15-12-13(17)16-10-8-6-7-9-11-16/h15H,4-12H2,1-3H3. The predicted octanol–water partition coefficient (Wildman–Crippen LogP) is 2.56. The van der Waals surface area contributed by atoms with Crippen LogP contribution in [-0.4, -0.2) is 36.0 Å². The Morgan fingerprint density at radius 1 is 1.12 bits per heavy atom. The molecule has 0 atom stereocenters. The normalized spacial score (nSPS) is 17.9. The van der Waals surface area contributed by atoms with Crippen LogP contribution in [0, 0.1) is 0 Å². The molecule has 1 saturated heterocycles. The summed E-state index contributed by atoms with van der Waals surface area (Å²) in [5, 5.41) is 3.42.